The highest BCUT2D eigenvalue weighted by Crippen LogP contribution is 2.44. The highest BCUT2D eigenvalue weighted by molar-refractivity contribution is 5.85. The minimum absolute atomic E-state index is 0. The molecule has 0 radical (unpaired) electrons. The molecule has 18 heavy (non-hydrogen) atoms. The molecule has 2 aliphatic rings. The molecule has 0 aromatic carbocycles. The summed E-state index contributed by atoms with van der Waals surface area (Å²) in [6.45, 7) is 4.63. The number of nitrogens with one attached hydrogen (secondary N) is 1. The SMILES string of the molecule is Cl.Cl.c1cc([C@@H](C2CC2)N2CCNCC2)ccn1. The Balaban J connectivity index is 0.000000810. The zero-order valence-corrected chi connectivity index (χ0v) is 12.1. The fourth-order valence-corrected chi connectivity index (χ4v) is 2.71. The number of hydrogen-bond donors (Lipinski definition) is 1. The third-order valence-corrected chi connectivity index (χ3v) is 3.66. The minimum atomic E-state index is 0. The lowest BCUT2D eigenvalue weighted by Gasteiger charge is -2.35. The van der Waals surface area contributed by atoms with Gasteiger partial charge in [0.05, 0.1) is 0 Å². The summed E-state index contributed by atoms with van der Waals surface area (Å²) in [6, 6.07) is 5.01. The summed E-state index contributed by atoms with van der Waals surface area (Å²) < 4.78 is 0. The molecule has 1 aromatic heterocycles. The van der Waals surface area contributed by atoms with E-state index in [-0.39, 0.29) is 24.8 Å². The van der Waals surface area contributed by atoms with Gasteiger partial charge in [-0.1, -0.05) is 0 Å². The third kappa shape index (κ3) is 3.58. The molecule has 2 heterocycles. The molecule has 0 unspecified atom stereocenters. The van der Waals surface area contributed by atoms with E-state index in [2.05, 4.69) is 27.3 Å². The average molecular weight is 290 g/mol. The zero-order valence-electron chi connectivity index (χ0n) is 10.4. The molecule has 5 heteroatoms. The molecule has 1 aliphatic heterocycles. The first-order chi connectivity index (χ1) is 7.95. The van der Waals surface area contributed by atoms with Crippen LogP contribution in [0.4, 0.5) is 0 Å². The number of pyridine rings is 1. The number of aromatic nitrogens is 1. The van der Waals surface area contributed by atoms with Crippen molar-refractivity contribution in [2.24, 2.45) is 5.92 Å². The van der Waals surface area contributed by atoms with Crippen molar-refractivity contribution < 1.29 is 0 Å². The monoisotopic (exact) mass is 289 g/mol. The van der Waals surface area contributed by atoms with Crippen LogP contribution < -0.4 is 5.32 Å². The number of piperazine rings is 1. The van der Waals surface area contributed by atoms with Crippen molar-refractivity contribution in [3.8, 4) is 0 Å². The summed E-state index contributed by atoms with van der Waals surface area (Å²) in [5.41, 5.74) is 1.46. The van der Waals surface area contributed by atoms with Gasteiger partial charge in [-0.15, -0.1) is 24.8 Å². The lowest BCUT2D eigenvalue weighted by molar-refractivity contribution is 0.156. The van der Waals surface area contributed by atoms with Gasteiger partial charge in [-0.3, -0.25) is 9.88 Å². The van der Waals surface area contributed by atoms with Crippen molar-refractivity contribution in [1.82, 2.24) is 15.2 Å². The molecule has 0 bridgehead atoms. The van der Waals surface area contributed by atoms with Crippen molar-refractivity contribution >= 4 is 24.8 Å². The van der Waals surface area contributed by atoms with Crippen LogP contribution in [-0.4, -0.2) is 36.1 Å². The molecular weight excluding hydrogens is 269 g/mol. The number of halogens is 2. The molecule has 1 aromatic rings. The summed E-state index contributed by atoms with van der Waals surface area (Å²) in [5, 5.41) is 3.43. The molecule has 1 saturated heterocycles. The molecule has 3 rings (SSSR count). The maximum Gasteiger partial charge on any atom is 0.0378 e. The second-order valence-corrected chi connectivity index (χ2v) is 4.85. The Labute approximate surface area is 121 Å². The van der Waals surface area contributed by atoms with Gasteiger partial charge >= 0.3 is 0 Å². The maximum atomic E-state index is 4.12. The smallest absolute Gasteiger partial charge is 0.0378 e. The highest BCUT2D eigenvalue weighted by atomic mass is 35.5. The van der Waals surface area contributed by atoms with Crippen LogP contribution in [0.1, 0.15) is 24.4 Å². The summed E-state index contributed by atoms with van der Waals surface area (Å²) in [4.78, 5) is 6.76. The maximum absolute atomic E-state index is 4.12. The van der Waals surface area contributed by atoms with Crippen molar-refractivity contribution in [1.29, 1.82) is 0 Å². The molecule has 102 valence electrons. The minimum Gasteiger partial charge on any atom is -0.314 e. The van der Waals surface area contributed by atoms with E-state index in [4.69, 9.17) is 0 Å². The molecular formula is C13H21Cl2N3. The predicted octanol–water partition coefficient (Wildman–Crippen LogP) is 2.28. The Morgan fingerprint density at radius 2 is 1.72 bits per heavy atom. The fraction of sp³-hybridized carbons (Fsp3) is 0.615. The number of hydrogen-bond acceptors (Lipinski definition) is 3. The lowest BCUT2D eigenvalue weighted by Crippen LogP contribution is -2.45. The standard InChI is InChI=1S/C13H19N3.2ClH/c1-2-11(1)13(12-3-5-14-6-4-12)16-9-7-15-8-10-16;;/h3-6,11,13,15H,1-2,7-10H2;2*1H/t13-;;/m1../s1. The van der Waals surface area contributed by atoms with Gasteiger partial charge < -0.3 is 5.32 Å². The normalized spacial score (nSPS) is 21.6. The molecule has 2 fully saturated rings. The van der Waals surface area contributed by atoms with Crippen LogP contribution in [0, 0.1) is 5.92 Å². The van der Waals surface area contributed by atoms with Gasteiger partial charge in [-0.25, -0.2) is 0 Å². The van der Waals surface area contributed by atoms with Gasteiger partial charge in [-0.2, -0.15) is 0 Å². The van der Waals surface area contributed by atoms with E-state index in [0.717, 1.165) is 19.0 Å². The van der Waals surface area contributed by atoms with E-state index in [1.165, 1.54) is 31.5 Å². The van der Waals surface area contributed by atoms with E-state index in [1.54, 1.807) is 0 Å². The van der Waals surface area contributed by atoms with Crippen molar-refractivity contribution in [2.75, 3.05) is 26.2 Å². The fourth-order valence-electron chi connectivity index (χ4n) is 2.71. The van der Waals surface area contributed by atoms with Gasteiger partial charge in [0.25, 0.3) is 0 Å². The van der Waals surface area contributed by atoms with Gasteiger partial charge in [0.1, 0.15) is 0 Å². The Morgan fingerprint density at radius 1 is 1.11 bits per heavy atom. The number of nitrogens with zero attached hydrogens (tertiary/aromatic N) is 2. The molecule has 1 saturated carbocycles. The van der Waals surface area contributed by atoms with E-state index >= 15 is 0 Å². The lowest BCUT2D eigenvalue weighted by atomic mass is 10.0. The van der Waals surface area contributed by atoms with Crippen LogP contribution in [0.5, 0.6) is 0 Å². The topological polar surface area (TPSA) is 28.2 Å². The summed E-state index contributed by atoms with van der Waals surface area (Å²) >= 11 is 0. The van der Waals surface area contributed by atoms with Crippen molar-refractivity contribution in [3.63, 3.8) is 0 Å². The summed E-state index contributed by atoms with van der Waals surface area (Å²) in [5.74, 6) is 0.889. The molecule has 0 spiro atoms. The van der Waals surface area contributed by atoms with Crippen LogP contribution in [-0.2, 0) is 0 Å². The third-order valence-electron chi connectivity index (χ3n) is 3.66. The second-order valence-electron chi connectivity index (χ2n) is 4.85. The van der Waals surface area contributed by atoms with Crippen LogP contribution >= 0.6 is 24.8 Å². The average Bonchev–Trinajstić information content (AvgIpc) is 3.17. The molecule has 1 N–H and O–H groups in total. The first kappa shape index (κ1) is 15.7. The van der Waals surface area contributed by atoms with E-state index in [0.29, 0.717) is 6.04 Å². The van der Waals surface area contributed by atoms with Gasteiger partial charge in [0.2, 0.25) is 0 Å². The van der Waals surface area contributed by atoms with Crippen LogP contribution in [0.3, 0.4) is 0 Å². The summed E-state index contributed by atoms with van der Waals surface area (Å²) in [7, 11) is 0. The van der Waals surface area contributed by atoms with Crippen molar-refractivity contribution in [3.05, 3.63) is 30.1 Å². The first-order valence-electron chi connectivity index (χ1n) is 6.30. The van der Waals surface area contributed by atoms with Gasteiger partial charge in [-0.05, 0) is 36.5 Å². The summed E-state index contributed by atoms with van der Waals surface area (Å²) in [6.07, 6.45) is 6.65. The first-order valence-corrected chi connectivity index (χ1v) is 6.30. The number of rotatable bonds is 3. The van der Waals surface area contributed by atoms with Crippen LogP contribution in [0.2, 0.25) is 0 Å². The van der Waals surface area contributed by atoms with Crippen LogP contribution in [0.15, 0.2) is 24.5 Å². The van der Waals surface area contributed by atoms with E-state index in [1.807, 2.05) is 12.4 Å². The second kappa shape index (κ2) is 7.29. The Morgan fingerprint density at radius 3 is 2.28 bits per heavy atom. The largest absolute Gasteiger partial charge is 0.314 e. The van der Waals surface area contributed by atoms with Crippen molar-refractivity contribution in [2.45, 2.75) is 18.9 Å². The Kier molecular flexibility index (Phi) is 6.36. The molecule has 3 nitrogen and oxygen atoms in total. The van der Waals surface area contributed by atoms with E-state index in [9.17, 15) is 0 Å². The quantitative estimate of drug-likeness (QED) is 0.925. The molecule has 1 aliphatic carbocycles. The van der Waals surface area contributed by atoms with Crippen LogP contribution in [0.25, 0.3) is 0 Å². The predicted molar refractivity (Wildman–Crippen MR) is 78.6 cm³/mol. The Hall–Kier alpha value is -0.350. The van der Waals surface area contributed by atoms with Gasteiger partial charge in [0.15, 0.2) is 0 Å². The zero-order chi connectivity index (χ0) is 10.8. The molecule has 1 atom stereocenters. The van der Waals surface area contributed by atoms with E-state index < -0.39 is 0 Å². The Bertz CT molecular complexity index is 337. The molecule has 0 amide bonds. The highest BCUT2D eigenvalue weighted by Gasteiger charge is 2.36. The van der Waals surface area contributed by atoms with Gasteiger partial charge in [0, 0.05) is 44.6 Å².